The van der Waals surface area contributed by atoms with Gasteiger partial charge < -0.3 is 25.4 Å². The van der Waals surface area contributed by atoms with Gasteiger partial charge in [0.2, 0.25) is 9.84 Å². The molecule has 12 heteroatoms. The molecule has 284 valence electrons. The number of nitrogens with zero attached hydrogens (tertiary/aromatic N) is 2. The van der Waals surface area contributed by atoms with E-state index in [0.29, 0.717) is 39.3 Å². The molecule has 0 saturated carbocycles. The normalized spacial score (nSPS) is 11.4. The maximum absolute atomic E-state index is 14.2. The topological polar surface area (TPSA) is 141 Å². The zero-order valence-electron chi connectivity index (χ0n) is 30.9. The number of nitrogens with one attached hydrogen (secondary N) is 1. The Kier molecular flexibility index (Phi) is 14.2. The standard InChI is InChI=1S/C42H47BrN4O6S/c1-29-24-36(27-37-39(29)45-28-38(41(44)48)40(37)46-32-14-11-15-34(26-32)52-3)54(50,51)35-16-10-13-31(25-35)42(49)47(2)33-19-17-30(18-20-33)12-6-9-23-53-22-8-5-4-7-21-43/h10-11,13-20,24-28H,4-9,12,21-23H2,1-3H3,(H2,44,48)(H,45,46). The predicted molar refractivity (Wildman–Crippen MR) is 218 cm³/mol. The van der Waals surface area contributed by atoms with Gasteiger partial charge >= 0.3 is 0 Å². The van der Waals surface area contributed by atoms with Crippen molar-refractivity contribution in [1.82, 2.24) is 4.98 Å². The van der Waals surface area contributed by atoms with Crippen LogP contribution in [0.3, 0.4) is 0 Å². The second-order valence-electron chi connectivity index (χ2n) is 13.1. The quantitative estimate of drug-likeness (QED) is 0.0623. The number of ether oxygens (including phenoxy) is 2. The average molecular weight is 816 g/mol. The first kappa shape index (κ1) is 40.4. The smallest absolute Gasteiger partial charge is 0.258 e. The van der Waals surface area contributed by atoms with Crippen LogP contribution in [0, 0.1) is 6.92 Å². The van der Waals surface area contributed by atoms with E-state index in [2.05, 4.69) is 26.2 Å². The molecule has 0 saturated heterocycles. The lowest BCUT2D eigenvalue weighted by Crippen LogP contribution is -2.26. The number of rotatable bonds is 19. The first-order valence-electron chi connectivity index (χ1n) is 18.0. The minimum Gasteiger partial charge on any atom is -0.497 e. The maximum atomic E-state index is 14.2. The van der Waals surface area contributed by atoms with Gasteiger partial charge in [0.15, 0.2) is 0 Å². The van der Waals surface area contributed by atoms with Crippen molar-refractivity contribution in [1.29, 1.82) is 0 Å². The van der Waals surface area contributed by atoms with Crippen molar-refractivity contribution in [2.45, 2.75) is 61.7 Å². The summed E-state index contributed by atoms with van der Waals surface area (Å²) in [6.07, 6.45) is 9.05. The zero-order chi connectivity index (χ0) is 38.7. The number of aromatic nitrogens is 1. The zero-order valence-corrected chi connectivity index (χ0v) is 33.3. The number of primary amides is 1. The summed E-state index contributed by atoms with van der Waals surface area (Å²) >= 11 is 3.46. The summed E-state index contributed by atoms with van der Waals surface area (Å²) in [5, 5.41) is 4.68. The number of carbonyl (C=O) groups excluding carboxylic acids is 2. The number of sulfone groups is 1. The summed E-state index contributed by atoms with van der Waals surface area (Å²) in [5.41, 5.74) is 9.91. The van der Waals surface area contributed by atoms with Gasteiger partial charge in [0, 0.05) is 60.2 Å². The van der Waals surface area contributed by atoms with Gasteiger partial charge in [-0.1, -0.05) is 53.0 Å². The first-order valence-corrected chi connectivity index (χ1v) is 20.6. The molecule has 2 amide bonds. The van der Waals surface area contributed by atoms with Gasteiger partial charge in [0.25, 0.3) is 11.8 Å². The molecule has 54 heavy (non-hydrogen) atoms. The van der Waals surface area contributed by atoms with E-state index in [-0.39, 0.29) is 26.8 Å². The number of nitrogens with two attached hydrogens (primary N) is 1. The van der Waals surface area contributed by atoms with Crippen LogP contribution in [-0.2, 0) is 21.0 Å². The van der Waals surface area contributed by atoms with Crippen LogP contribution in [0.1, 0.15) is 70.4 Å². The van der Waals surface area contributed by atoms with Crippen LogP contribution in [0.15, 0.2) is 101 Å². The van der Waals surface area contributed by atoms with E-state index in [1.807, 2.05) is 24.3 Å². The second kappa shape index (κ2) is 19.0. The molecule has 0 atom stereocenters. The van der Waals surface area contributed by atoms with Gasteiger partial charge in [-0.05, 0) is 105 Å². The molecule has 0 radical (unpaired) electrons. The Bertz CT molecular complexity index is 2190. The number of benzene rings is 4. The van der Waals surface area contributed by atoms with E-state index < -0.39 is 15.7 Å². The molecule has 1 heterocycles. The lowest BCUT2D eigenvalue weighted by molar-refractivity contribution is 0.0987. The number of aryl methyl sites for hydroxylation is 2. The highest BCUT2D eigenvalue weighted by atomic mass is 79.9. The third kappa shape index (κ3) is 10.0. The van der Waals surface area contributed by atoms with Crippen molar-refractivity contribution in [3.8, 4) is 5.75 Å². The lowest BCUT2D eigenvalue weighted by atomic mass is 10.1. The average Bonchev–Trinajstić information content (AvgIpc) is 3.18. The van der Waals surface area contributed by atoms with Gasteiger partial charge in [0.05, 0.1) is 33.7 Å². The van der Waals surface area contributed by atoms with Gasteiger partial charge in [0.1, 0.15) is 5.75 Å². The van der Waals surface area contributed by atoms with E-state index >= 15 is 0 Å². The number of fused-ring (bicyclic) bond motifs is 1. The van der Waals surface area contributed by atoms with Crippen LogP contribution in [-0.4, -0.2) is 57.9 Å². The minimum atomic E-state index is -4.13. The third-order valence-electron chi connectivity index (χ3n) is 9.25. The minimum absolute atomic E-state index is 0.0226. The summed E-state index contributed by atoms with van der Waals surface area (Å²) < 4.78 is 39.5. The first-order chi connectivity index (χ1) is 26.0. The van der Waals surface area contributed by atoms with Crippen molar-refractivity contribution in [3.05, 3.63) is 113 Å². The molecule has 3 N–H and O–H groups in total. The van der Waals surface area contributed by atoms with Gasteiger partial charge in [-0.3, -0.25) is 14.6 Å². The number of hydrogen-bond acceptors (Lipinski definition) is 8. The van der Waals surface area contributed by atoms with Crippen LogP contribution in [0.5, 0.6) is 5.75 Å². The number of unbranched alkanes of at least 4 members (excludes halogenated alkanes) is 4. The molecule has 4 aromatic carbocycles. The summed E-state index contributed by atoms with van der Waals surface area (Å²) in [5.74, 6) is -0.488. The van der Waals surface area contributed by atoms with Crippen molar-refractivity contribution in [3.63, 3.8) is 0 Å². The van der Waals surface area contributed by atoms with Crippen LogP contribution >= 0.6 is 15.9 Å². The molecule has 0 spiro atoms. The van der Waals surface area contributed by atoms with E-state index in [0.717, 1.165) is 44.2 Å². The monoisotopic (exact) mass is 814 g/mol. The predicted octanol–water partition coefficient (Wildman–Crippen LogP) is 8.80. The molecule has 0 aliphatic rings. The van der Waals surface area contributed by atoms with Crippen molar-refractivity contribution >= 4 is 65.5 Å². The van der Waals surface area contributed by atoms with Crippen molar-refractivity contribution < 1.29 is 27.5 Å². The van der Waals surface area contributed by atoms with Crippen LogP contribution in [0.25, 0.3) is 10.9 Å². The largest absolute Gasteiger partial charge is 0.497 e. The molecule has 5 aromatic rings. The Hall–Kier alpha value is -4.78. The van der Waals surface area contributed by atoms with Gasteiger partial charge in [-0.2, -0.15) is 0 Å². The number of carbonyl (C=O) groups is 2. The van der Waals surface area contributed by atoms with Gasteiger partial charge in [-0.15, -0.1) is 0 Å². The van der Waals surface area contributed by atoms with Crippen molar-refractivity contribution in [2.24, 2.45) is 5.73 Å². The molecular formula is C42H47BrN4O6S. The number of hydrogen-bond donors (Lipinski definition) is 2. The van der Waals surface area contributed by atoms with Crippen LogP contribution < -0.4 is 20.7 Å². The molecule has 0 bridgehead atoms. The van der Waals surface area contributed by atoms with E-state index in [4.69, 9.17) is 15.2 Å². The van der Waals surface area contributed by atoms with Crippen LogP contribution in [0.2, 0.25) is 0 Å². The maximum Gasteiger partial charge on any atom is 0.258 e. The molecule has 10 nitrogen and oxygen atoms in total. The van der Waals surface area contributed by atoms with E-state index in [9.17, 15) is 18.0 Å². The summed E-state index contributed by atoms with van der Waals surface area (Å²) in [4.78, 5) is 32.1. The summed E-state index contributed by atoms with van der Waals surface area (Å²) in [7, 11) is -0.918. The lowest BCUT2D eigenvalue weighted by Gasteiger charge is -2.19. The third-order valence-corrected chi connectivity index (χ3v) is 11.5. The molecule has 0 aliphatic heterocycles. The van der Waals surface area contributed by atoms with Crippen molar-refractivity contribution in [2.75, 3.05) is 42.9 Å². The Labute approximate surface area is 326 Å². The SMILES string of the molecule is COc1cccc(Nc2c(C(N)=O)cnc3c(C)cc(S(=O)(=O)c4cccc(C(=O)N(C)c5ccc(CCCCOCCCCCCBr)cc5)c4)cc23)c1. The molecule has 0 unspecified atom stereocenters. The highest BCUT2D eigenvalue weighted by molar-refractivity contribution is 9.09. The molecule has 0 fully saturated rings. The fourth-order valence-corrected chi connectivity index (χ4v) is 8.00. The molecule has 1 aromatic heterocycles. The highest BCUT2D eigenvalue weighted by Gasteiger charge is 2.24. The Morgan fingerprint density at radius 2 is 1.59 bits per heavy atom. The highest BCUT2D eigenvalue weighted by Crippen LogP contribution is 2.35. The number of methoxy groups -OCH3 is 1. The number of amides is 2. The summed E-state index contributed by atoms with van der Waals surface area (Å²) in [6, 6.07) is 24.0. The van der Waals surface area contributed by atoms with Gasteiger partial charge in [-0.25, -0.2) is 8.42 Å². The second-order valence-corrected chi connectivity index (χ2v) is 15.9. The number of halogens is 1. The fraction of sp³-hybridized carbons (Fsp3) is 0.310. The fourth-order valence-electron chi connectivity index (χ4n) is 6.19. The Morgan fingerprint density at radius 1 is 0.870 bits per heavy atom. The molecular weight excluding hydrogens is 768 g/mol. The summed E-state index contributed by atoms with van der Waals surface area (Å²) in [6.45, 7) is 3.33. The number of alkyl halides is 1. The Morgan fingerprint density at radius 3 is 2.31 bits per heavy atom. The molecule has 5 rings (SSSR count). The number of pyridine rings is 1. The van der Waals surface area contributed by atoms with E-state index in [1.165, 1.54) is 60.2 Å². The Balaban J connectivity index is 1.31. The van der Waals surface area contributed by atoms with E-state index in [1.54, 1.807) is 57.5 Å². The molecule has 0 aliphatic carbocycles. The van der Waals surface area contributed by atoms with Crippen LogP contribution in [0.4, 0.5) is 17.1 Å². The number of anilines is 3.